The summed E-state index contributed by atoms with van der Waals surface area (Å²) in [5.74, 6) is 0.177. The molecule has 0 aliphatic heterocycles. The molecule has 0 aliphatic rings. The lowest BCUT2D eigenvalue weighted by molar-refractivity contribution is -0.120. The van der Waals surface area contributed by atoms with Crippen molar-refractivity contribution in [2.24, 2.45) is 0 Å². The average molecular weight is 390 g/mol. The number of hydrogen-bond donors (Lipinski definition) is 0. The van der Waals surface area contributed by atoms with E-state index in [1.165, 1.54) is 6.07 Å². The van der Waals surface area contributed by atoms with Crippen LogP contribution >= 0.6 is 0 Å². The molecule has 2 aromatic carbocycles. The highest BCUT2D eigenvalue weighted by atomic mass is 16.5. The molecule has 3 aromatic rings. The summed E-state index contributed by atoms with van der Waals surface area (Å²) in [7, 11) is 0. The van der Waals surface area contributed by atoms with E-state index in [0.29, 0.717) is 11.3 Å². The van der Waals surface area contributed by atoms with Crippen LogP contribution in [0.4, 0.5) is 5.69 Å². The smallest absolute Gasteiger partial charge is 0.336 e. The Labute approximate surface area is 168 Å². The van der Waals surface area contributed by atoms with Gasteiger partial charge >= 0.3 is 5.63 Å². The van der Waals surface area contributed by atoms with Crippen molar-refractivity contribution in [3.63, 3.8) is 0 Å². The lowest BCUT2D eigenvalue weighted by atomic mass is 10.1. The maximum Gasteiger partial charge on any atom is 0.336 e. The van der Waals surface area contributed by atoms with Crippen LogP contribution in [0, 0.1) is 32.1 Å². The van der Waals surface area contributed by atoms with Gasteiger partial charge in [0.15, 0.2) is 6.61 Å². The van der Waals surface area contributed by atoms with Gasteiger partial charge in [-0.05, 0) is 61.7 Å². The Hall–Kier alpha value is -3.59. The fourth-order valence-corrected chi connectivity index (χ4v) is 3.28. The topological polar surface area (TPSA) is 83.5 Å². The van der Waals surface area contributed by atoms with Gasteiger partial charge in [0.25, 0.3) is 5.91 Å². The highest BCUT2D eigenvalue weighted by molar-refractivity contribution is 5.94. The highest BCUT2D eigenvalue weighted by Crippen LogP contribution is 2.23. The zero-order chi connectivity index (χ0) is 21.0. The summed E-state index contributed by atoms with van der Waals surface area (Å²) in [5.41, 5.74) is 3.62. The van der Waals surface area contributed by atoms with E-state index in [-0.39, 0.29) is 25.5 Å². The number of hydrogen-bond acceptors (Lipinski definition) is 5. The second-order valence-corrected chi connectivity index (χ2v) is 6.99. The first-order chi connectivity index (χ1) is 13.9. The predicted octanol–water partition coefficient (Wildman–Crippen LogP) is 4.04. The number of amides is 1. The van der Waals surface area contributed by atoms with Crippen molar-refractivity contribution in [3.05, 3.63) is 69.6 Å². The van der Waals surface area contributed by atoms with E-state index in [0.717, 1.165) is 27.8 Å². The Bertz CT molecular complexity index is 1140. The molecule has 1 aromatic heterocycles. The fraction of sp³-hybridized carbons (Fsp3) is 0.261. The summed E-state index contributed by atoms with van der Waals surface area (Å²) >= 11 is 0. The molecule has 0 bridgehead atoms. The second kappa shape index (κ2) is 8.61. The van der Waals surface area contributed by atoms with Gasteiger partial charge in [0.1, 0.15) is 11.3 Å². The number of benzene rings is 2. The van der Waals surface area contributed by atoms with Crippen molar-refractivity contribution < 1.29 is 13.9 Å². The van der Waals surface area contributed by atoms with Gasteiger partial charge < -0.3 is 14.1 Å². The minimum Gasteiger partial charge on any atom is -0.484 e. The molecule has 6 nitrogen and oxygen atoms in total. The number of nitriles is 1. The molecule has 3 rings (SSSR count). The summed E-state index contributed by atoms with van der Waals surface area (Å²) in [6, 6.07) is 14.5. The Morgan fingerprint density at radius 1 is 1.10 bits per heavy atom. The molecule has 0 saturated carbocycles. The molecule has 0 unspecified atom stereocenters. The van der Waals surface area contributed by atoms with E-state index >= 15 is 0 Å². The molecule has 0 spiro atoms. The number of carbonyl (C=O) groups is 1. The molecular weight excluding hydrogens is 368 g/mol. The molecule has 1 amide bonds. The van der Waals surface area contributed by atoms with Gasteiger partial charge in [-0.1, -0.05) is 6.07 Å². The van der Waals surface area contributed by atoms with Crippen LogP contribution in [0.2, 0.25) is 0 Å². The minimum absolute atomic E-state index is 0.194. The Kier molecular flexibility index (Phi) is 5.99. The lowest BCUT2D eigenvalue weighted by Crippen LogP contribution is -2.35. The van der Waals surface area contributed by atoms with E-state index in [1.54, 1.807) is 23.1 Å². The molecule has 0 saturated heterocycles. The van der Waals surface area contributed by atoms with Crippen molar-refractivity contribution >= 4 is 22.6 Å². The van der Waals surface area contributed by atoms with Gasteiger partial charge in [-0.25, -0.2) is 4.79 Å². The highest BCUT2D eigenvalue weighted by Gasteiger charge is 2.17. The van der Waals surface area contributed by atoms with Crippen molar-refractivity contribution in [2.75, 3.05) is 18.1 Å². The average Bonchev–Trinajstić information content (AvgIpc) is 2.65. The van der Waals surface area contributed by atoms with Crippen LogP contribution in [0.5, 0.6) is 5.75 Å². The molecule has 0 radical (unpaired) electrons. The maximum absolute atomic E-state index is 12.8. The number of carbonyl (C=O) groups excluding carboxylic acids is 1. The van der Waals surface area contributed by atoms with E-state index < -0.39 is 5.63 Å². The standard InChI is InChI=1S/C23H22N2O4/c1-15-9-16(2)11-18(10-15)25(8-4-7-24)22(26)14-28-19-5-6-20-17(3)12-23(27)29-21(20)13-19/h5-6,9-13H,4,8,14H2,1-3H3. The molecule has 0 aliphatic carbocycles. The number of anilines is 1. The van der Waals surface area contributed by atoms with Crippen molar-refractivity contribution in [2.45, 2.75) is 27.2 Å². The molecule has 0 N–H and O–H groups in total. The Balaban J connectivity index is 1.80. The molecular formula is C23H22N2O4. The first kappa shape index (κ1) is 20.2. The van der Waals surface area contributed by atoms with Gasteiger partial charge in [-0.3, -0.25) is 4.79 Å². The van der Waals surface area contributed by atoms with Crippen molar-refractivity contribution in [1.29, 1.82) is 5.26 Å². The second-order valence-electron chi connectivity index (χ2n) is 6.99. The van der Waals surface area contributed by atoms with Crippen LogP contribution in [0.25, 0.3) is 11.0 Å². The number of ether oxygens (including phenoxy) is 1. The zero-order valence-electron chi connectivity index (χ0n) is 16.7. The van der Waals surface area contributed by atoms with Crippen LogP contribution in [-0.2, 0) is 4.79 Å². The number of fused-ring (bicyclic) bond motifs is 1. The van der Waals surface area contributed by atoms with Gasteiger partial charge in [-0.2, -0.15) is 5.26 Å². The SMILES string of the molecule is Cc1cc(C)cc(N(CCC#N)C(=O)COc2ccc3c(C)cc(=O)oc3c2)c1. The van der Waals surface area contributed by atoms with Crippen LogP contribution in [-0.4, -0.2) is 19.1 Å². The van der Waals surface area contributed by atoms with E-state index in [1.807, 2.05) is 39.0 Å². The van der Waals surface area contributed by atoms with Gasteiger partial charge in [0, 0.05) is 29.8 Å². The van der Waals surface area contributed by atoms with Gasteiger partial charge in [-0.15, -0.1) is 0 Å². The lowest BCUT2D eigenvalue weighted by Gasteiger charge is -2.23. The van der Waals surface area contributed by atoms with E-state index in [9.17, 15) is 9.59 Å². The summed E-state index contributed by atoms with van der Waals surface area (Å²) in [6.45, 7) is 5.85. The van der Waals surface area contributed by atoms with Crippen LogP contribution < -0.4 is 15.3 Å². The van der Waals surface area contributed by atoms with Gasteiger partial charge in [0.2, 0.25) is 0 Å². The largest absolute Gasteiger partial charge is 0.484 e. The molecule has 6 heteroatoms. The van der Waals surface area contributed by atoms with Crippen molar-refractivity contribution in [3.8, 4) is 11.8 Å². The Morgan fingerprint density at radius 2 is 1.83 bits per heavy atom. The quantitative estimate of drug-likeness (QED) is 0.593. The first-order valence-electron chi connectivity index (χ1n) is 9.30. The Morgan fingerprint density at radius 3 is 2.52 bits per heavy atom. The van der Waals surface area contributed by atoms with Crippen LogP contribution in [0.3, 0.4) is 0 Å². The summed E-state index contributed by atoms with van der Waals surface area (Å²) in [5, 5.41) is 9.77. The molecule has 1 heterocycles. The van der Waals surface area contributed by atoms with Crippen molar-refractivity contribution in [1.82, 2.24) is 0 Å². The normalized spacial score (nSPS) is 10.6. The van der Waals surface area contributed by atoms with Gasteiger partial charge in [0.05, 0.1) is 12.5 Å². The van der Waals surface area contributed by atoms with E-state index in [2.05, 4.69) is 6.07 Å². The van der Waals surface area contributed by atoms with Crippen LogP contribution in [0.1, 0.15) is 23.1 Å². The fourth-order valence-electron chi connectivity index (χ4n) is 3.28. The van der Waals surface area contributed by atoms with E-state index in [4.69, 9.17) is 14.4 Å². The molecule has 29 heavy (non-hydrogen) atoms. The third kappa shape index (κ3) is 4.82. The summed E-state index contributed by atoms with van der Waals surface area (Å²) in [6.07, 6.45) is 0.221. The van der Waals surface area contributed by atoms with Crippen LogP contribution in [0.15, 0.2) is 51.7 Å². The maximum atomic E-state index is 12.8. The molecule has 0 atom stereocenters. The number of nitrogens with zero attached hydrogens (tertiary/aromatic N) is 2. The monoisotopic (exact) mass is 390 g/mol. The molecule has 148 valence electrons. The third-order valence-corrected chi connectivity index (χ3v) is 4.55. The zero-order valence-corrected chi connectivity index (χ0v) is 16.7. The summed E-state index contributed by atoms with van der Waals surface area (Å²) in [4.78, 5) is 26.0. The molecule has 0 fully saturated rings. The minimum atomic E-state index is -0.430. The number of rotatable bonds is 6. The third-order valence-electron chi connectivity index (χ3n) is 4.55. The summed E-state index contributed by atoms with van der Waals surface area (Å²) < 4.78 is 10.9. The predicted molar refractivity (Wildman–Crippen MR) is 111 cm³/mol. The number of aryl methyl sites for hydroxylation is 3. The first-order valence-corrected chi connectivity index (χ1v) is 9.30.